The zero-order valence-corrected chi connectivity index (χ0v) is 14.7. The van der Waals surface area contributed by atoms with E-state index in [2.05, 4.69) is 25.1 Å². The fourth-order valence-corrected chi connectivity index (χ4v) is 5.85. The molecule has 1 aromatic rings. The number of hydrogen-bond donors (Lipinski definition) is 0. The lowest BCUT2D eigenvalue weighted by Crippen LogP contribution is -2.21. The lowest BCUT2D eigenvalue weighted by atomic mass is 9.75. The van der Waals surface area contributed by atoms with Crippen LogP contribution in [0, 0.1) is 17.8 Å². The number of fused-ring (bicyclic) bond motifs is 2. The van der Waals surface area contributed by atoms with Gasteiger partial charge in [0.2, 0.25) is 0 Å². The van der Waals surface area contributed by atoms with Crippen LogP contribution in [0.2, 0.25) is 5.02 Å². The van der Waals surface area contributed by atoms with Crippen LogP contribution in [-0.4, -0.2) is 0 Å². The van der Waals surface area contributed by atoms with Crippen LogP contribution in [-0.2, 0) is 11.8 Å². The zero-order valence-electron chi connectivity index (χ0n) is 13.9. The molecule has 22 heavy (non-hydrogen) atoms. The predicted molar refractivity (Wildman–Crippen MR) is 94.5 cm³/mol. The summed E-state index contributed by atoms with van der Waals surface area (Å²) in [7, 11) is 0. The lowest BCUT2D eigenvalue weighted by molar-refractivity contribution is 0.239. The molecule has 120 valence electrons. The summed E-state index contributed by atoms with van der Waals surface area (Å²) in [5, 5.41) is 0.920. The van der Waals surface area contributed by atoms with Gasteiger partial charge in [0.1, 0.15) is 0 Å². The molecule has 3 atom stereocenters. The topological polar surface area (TPSA) is 0 Å². The molecule has 1 spiro atoms. The van der Waals surface area contributed by atoms with Gasteiger partial charge in [-0.1, -0.05) is 56.7 Å². The Kier molecular flexibility index (Phi) is 4.01. The second kappa shape index (κ2) is 5.86. The quantitative estimate of drug-likeness (QED) is 0.594. The van der Waals surface area contributed by atoms with E-state index in [1.807, 2.05) is 0 Å². The van der Waals surface area contributed by atoms with Crippen LogP contribution in [0.5, 0.6) is 0 Å². The molecule has 2 saturated carbocycles. The van der Waals surface area contributed by atoms with Crippen molar-refractivity contribution in [3.8, 4) is 0 Å². The summed E-state index contributed by atoms with van der Waals surface area (Å²) in [6, 6.07) is 6.70. The Morgan fingerprint density at radius 2 is 2.00 bits per heavy atom. The van der Waals surface area contributed by atoms with Crippen LogP contribution >= 0.6 is 11.6 Å². The van der Waals surface area contributed by atoms with Crippen molar-refractivity contribution < 1.29 is 0 Å². The molecule has 0 amide bonds. The summed E-state index contributed by atoms with van der Waals surface area (Å²) >= 11 is 6.21. The van der Waals surface area contributed by atoms with E-state index in [1.165, 1.54) is 64.2 Å². The number of halogens is 1. The molecule has 1 aromatic carbocycles. The number of benzene rings is 1. The van der Waals surface area contributed by atoms with Crippen LogP contribution in [0.3, 0.4) is 0 Å². The molecule has 0 aromatic heterocycles. The third-order valence-electron chi connectivity index (χ3n) is 7.02. The van der Waals surface area contributed by atoms with E-state index >= 15 is 0 Å². The molecule has 3 unspecified atom stereocenters. The Morgan fingerprint density at radius 3 is 2.82 bits per heavy atom. The molecule has 3 aliphatic carbocycles. The van der Waals surface area contributed by atoms with Crippen LogP contribution in [0.1, 0.15) is 75.8 Å². The molecule has 0 N–H and O–H groups in total. The average molecular weight is 317 g/mol. The smallest absolute Gasteiger partial charge is 0.0408 e. The van der Waals surface area contributed by atoms with Crippen LogP contribution in [0.4, 0.5) is 0 Å². The Hall–Kier alpha value is -0.490. The van der Waals surface area contributed by atoms with Gasteiger partial charge in [-0.15, -0.1) is 0 Å². The van der Waals surface area contributed by atoms with Gasteiger partial charge in [-0.25, -0.2) is 0 Å². The molecule has 0 aliphatic heterocycles. The van der Waals surface area contributed by atoms with E-state index in [-0.39, 0.29) is 0 Å². The number of aryl methyl sites for hydroxylation is 1. The van der Waals surface area contributed by atoms with E-state index < -0.39 is 0 Å². The van der Waals surface area contributed by atoms with Crippen molar-refractivity contribution in [3.63, 3.8) is 0 Å². The normalized spacial score (nSPS) is 32.7. The highest BCUT2D eigenvalue weighted by Crippen LogP contribution is 2.63. The van der Waals surface area contributed by atoms with Crippen LogP contribution in [0.15, 0.2) is 18.2 Å². The molecule has 3 aliphatic rings. The minimum atomic E-state index is 0.543. The fourth-order valence-electron chi connectivity index (χ4n) is 5.65. The maximum absolute atomic E-state index is 6.21. The van der Waals surface area contributed by atoms with Crippen molar-refractivity contribution in [2.24, 2.45) is 17.8 Å². The highest BCUT2D eigenvalue weighted by Gasteiger charge is 2.56. The van der Waals surface area contributed by atoms with Crippen molar-refractivity contribution in [1.29, 1.82) is 0 Å². The van der Waals surface area contributed by atoms with E-state index in [0.717, 1.165) is 22.8 Å². The molecule has 0 bridgehead atoms. The summed E-state index contributed by atoms with van der Waals surface area (Å²) in [6.45, 7) is 2.54. The molecule has 4 rings (SSSR count). The van der Waals surface area contributed by atoms with Crippen LogP contribution in [0.25, 0.3) is 0 Å². The van der Waals surface area contributed by atoms with Gasteiger partial charge < -0.3 is 0 Å². The molecule has 0 heterocycles. The largest absolute Gasteiger partial charge is 0.0843 e. The minimum absolute atomic E-state index is 0.543. The Labute approximate surface area is 140 Å². The van der Waals surface area contributed by atoms with Gasteiger partial charge >= 0.3 is 0 Å². The first-order valence-electron chi connectivity index (χ1n) is 9.48. The fraction of sp³-hybridized carbons (Fsp3) is 0.714. The van der Waals surface area contributed by atoms with Crippen molar-refractivity contribution in [3.05, 3.63) is 34.3 Å². The molecule has 1 heteroatoms. The Bertz CT molecular complexity index is 543. The highest BCUT2D eigenvalue weighted by molar-refractivity contribution is 6.30. The van der Waals surface area contributed by atoms with Crippen molar-refractivity contribution in [2.45, 2.75) is 76.5 Å². The van der Waals surface area contributed by atoms with E-state index in [4.69, 9.17) is 11.6 Å². The molecular weight excluding hydrogens is 288 g/mol. The molecule has 0 radical (unpaired) electrons. The van der Waals surface area contributed by atoms with Crippen LogP contribution < -0.4 is 0 Å². The number of hydrogen-bond acceptors (Lipinski definition) is 0. The summed E-state index contributed by atoms with van der Waals surface area (Å²) in [4.78, 5) is 0. The summed E-state index contributed by atoms with van der Waals surface area (Å²) < 4.78 is 0. The second-order valence-corrected chi connectivity index (χ2v) is 8.76. The maximum atomic E-state index is 6.21. The van der Waals surface area contributed by atoms with Crippen molar-refractivity contribution >= 4 is 11.6 Å². The second-order valence-electron chi connectivity index (χ2n) is 8.32. The summed E-state index contributed by atoms with van der Waals surface area (Å²) in [5.41, 5.74) is 3.75. The van der Waals surface area contributed by atoms with Crippen molar-refractivity contribution in [1.82, 2.24) is 0 Å². The minimum Gasteiger partial charge on any atom is -0.0843 e. The van der Waals surface area contributed by atoms with E-state index in [1.54, 1.807) is 11.1 Å². The standard InChI is InChI=1S/C21H29Cl/c1-15(16-6-3-2-4-7-16)12-18-14-21(18)11-5-8-17-13-19(22)9-10-20(17)21/h9-10,13,15-16,18H,2-8,11-12,14H2,1H3. The van der Waals surface area contributed by atoms with E-state index in [0.29, 0.717) is 5.41 Å². The van der Waals surface area contributed by atoms with Crippen molar-refractivity contribution in [2.75, 3.05) is 0 Å². The third-order valence-corrected chi connectivity index (χ3v) is 7.25. The van der Waals surface area contributed by atoms with Gasteiger partial charge in [0.15, 0.2) is 0 Å². The molecule has 2 fully saturated rings. The highest BCUT2D eigenvalue weighted by atomic mass is 35.5. The molecule has 0 nitrogen and oxygen atoms in total. The SMILES string of the molecule is CC(CC1CC12CCCc1cc(Cl)ccc12)C1CCCCC1. The first-order chi connectivity index (χ1) is 10.7. The maximum Gasteiger partial charge on any atom is 0.0408 e. The monoisotopic (exact) mass is 316 g/mol. The van der Waals surface area contributed by atoms with Gasteiger partial charge in [-0.3, -0.25) is 0 Å². The first kappa shape index (κ1) is 15.1. The Morgan fingerprint density at radius 1 is 1.18 bits per heavy atom. The average Bonchev–Trinajstić information content (AvgIpc) is 3.20. The number of rotatable bonds is 3. The molecule has 0 saturated heterocycles. The summed E-state index contributed by atoms with van der Waals surface area (Å²) in [5.74, 6) is 2.90. The van der Waals surface area contributed by atoms with E-state index in [9.17, 15) is 0 Å². The third kappa shape index (κ3) is 2.62. The van der Waals surface area contributed by atoms with Gasteiger partial charge in [0.05, 0.1) is 0 Å². The van der Waals surface area contributed by atoms with Gasteiger partial charge in [-0.2, -0.15) is 0 Å². The lowest BCUT2D eigenvalue weighted by Gasteiger charge is -2.30. The first-order valence-corrected chi connectivity index (χ1v) is 9.86. The summed E-state index contributed by atoms with van der Waals surface area (Å²) in [6.07, 6.45) is 14.3. The predicted octanol–water partition coefficient (Wildman–Crippen LogP) is 6.54. The van der Waals surface area contributed by atoms with Gasteiger partial charge in [-0.05, 0) is 78.5 Å². The zero-order chi connectivity index (χ0) is 15.2. The van der Waals surface area contributed by atoms with Gasteiger partial charge in [0, 0.05) is 5.02 Å². The van der Waals surface area contributed by atoms with Gasteiger partial charge in [0.25, 0.3) is 0 Å². The molecular formula is C21H29Cl. The Balaban J connectivity index is 1.47.